The van der Waals surface area contributed by atoms with Crippen LogP contribution in [0.25, 0.3) is 0 Å². The van der Waals surface area contributed by atoms with E-state index < -0.39 is 5.60 Å². The van der Waals surface area contributed by atoms with E-state index in [1.165, 1.54) is 11.3 Å². The molecule has 4 heterocycles. The second-order valence-corrected chi connectivity index (χ2v) is 10.3. The molecular formula is C22H31N7O3S. The van der Waals surface area contributed by atoms with Gasteiger partial charge in [0.25, 0.3) is 0 Å². The van der Waals surface area contributed by atoms with E-state index in [4.69, 9.17) is 14.7 Å². The predicted molar refractivity (Wildman–Crippen MR) is 128 cm³/mol. The normalized spacial score (nSPS) is 16.4. The van der Waals surface area contributed by atoms with Gasteiger partial charge >= 0.3 is 6.09 Å². The highest BCUT2D eigenvalue weighted by Crippen LogP contribution is 2.29. The number of anilines is 3. The zero-order valence-corrected chi connectivity index (χ0v) is 20.6. The van der Waals surface area contributed by atoms with Gasteiger partial charge in [0.2, 0.25) is 5.95 Å². The number of carbonyl (C=O) groups is 2. The summed E-state index contributed by atoms with van der Waals surface area (Å²) in [6, 6.07) is 0. The quantitative estimate of drug-likeness (QED) is 0.647. The van der Waals surface area contributed by atoms with E-state index in [2.05, 4.69) is 20.5 Å². The first-order valence-electron chi connectivity index (χ1n) is 11.2. The Morgan fingerprint density at radius 3 is 2.48 bits per heavy atom. The van der Waals surface area contributed by atoms with Gasteiger partial charge in [-0.15, -0.1) is 0 Å². The van der Waals surface area contributed by atoms with E-state index in [1.54, 1.807) is 11.8 Å². The van der Waals surface area contributed by atoms with Crippen LogP contribution in [0.1, 0.15) is 54.3 Å². The topological polar surface area (TPSA) is 113 Å². The highest BCUT2D eigenvalue weighted by atomic mass is 32.1. The molecule has 1 amide bonds. The number of hydrogen-bond acceptors (Lipinski definition) is 10. The molecule has 2 aromatic rings. The zero-order valence-electron chi connectivity index (χ0n) is 19.8. The summed E-state index contributed by atoms with van der Waals surface area (Å²) in [6.45, 7) is 13.0. The molecule has 0 spiro atoms. The molecule has 2 N–H and O–H groups in total. The number of amides is 1. The molecule has 0 radical (unpaired) electrons. The Bertz CT molecular complexity index is 1050. The molecule has 10 nitrogen and oxygen atoms in total. The lowest BCUT2D eigenvalue weighted by atomic mass is 10.1. The lowest BCUT2D eigenvalue weighted by Crippen LogP contribution is -2.50. The van der Waals surface area contributed by atoms with Gasteiger partial charge in [-0.05, 0) is 40.7 Å². The van der Waals surface area contributed by atoms with Crippen LogP contribution in [0.2, 0.25) is 0 Å². The molecular weight excluding hydrogens is 442 g/mol. The van der Waals surface area contributed by atoms with E-state index in [-0.39, 0.29) is 11.9 Å². The Labute approximate surface area is 197 Å². The molecule has 1 fully saturated rings. The second-order valence-electron chi connectivity index (χ2n) is 9.29. The second kappa shape index (κ2) is 9.22. The first-order chi connectivity index (χ1) is 15.6. The molecule has 0 atom stereocenters. The highest BCUT2D eigenvalue weighted by molar-refractivity contribution is 7.17. The largest absolute Gasteiger partial charge is 0.444 e. The predicted octanol–water partition coefficient (Wildman–Crippen LogP) is 2.89. The fraction of sp³-hybridized carbons (Fsp3) is 0.591. The Morgan fingerprint density at radius 1 is 1.12 bits per heavy atom. The standard InChI is InChI=1S/C22H31N7O3S/c1-13-17(14(2)30)33-20(24-13)27-19-25-16-12-23-7-6-15(16)18(26-19)28-8-10-29(11-9-28)21(31)32-22(3,4)5/h23H,6-12H2,1-5H3,(H,24,25,26,27). The number of fused-ring (bicyclic) bond motifs is 1. The minimum atomic E-state index is -0.510. The van der Waals surface area contributed by atoms with E-state index in [9.17, 15) is 9.59 Å². The summed E-state index contributed by atoms with van der Waals surface area (Å²) in [5.74, 6) is 1.36. The number of ether oxygens (including phenoxy) is 1. The van der Waals surface area contributed by atoms with Crippen LogP contribution in [0, 0.1) is 6.92 Å². The average molecular weight is 474 g/mol. The number of aromatic nitrogens is 3. The molecule has 0 saturated carbocycles. The number of hydrogen-bond donors (Lipinski definition) is 2. The number of carbonyl (C=O) groups excluding carboxylic acids is 2. The lowest BCUT2D eigenvalue weighted by molar-refractivity contribution is 0.0240. The third kappa shape index (κ3) is 5.41. The Morgan fingerprint density at radius 2 is 1.85 bits per heavy atom. The van der Waals surface area contributed by atoms with Gasteiger partial charge in [0.15, 0.2) is 10.9 Å². The van der Waals surface area contributed by atoms with Crippen molar-refractivity contribution in [3.05, 3.63) is 21.8 Å². The molecule has 178 valence electrons. The molecule has 2 aliphatic rings. The van der Waals surface area contributed by atoms with Crippen LogP contribution in [0.3, 0.4) is 0 Å². The number of thiazole rings is 1. The molecule has 0 aliphatic carbocycles. The number of ketones is 1. The number of nitrogens with one attached hydrogen (secondary N) is 2. The minimum Gasteiger partial charge on any atom is -0.444 e. The summed E-state index contributed by atoms with van der Waals surface area (Å²) in [5.41, 5.74) is 2.30. The molecule has 2 aliphatic heterocycles. The van der Waals surface area contributed by atoms with Crippen molar-refractivity contribution in [2.75, 3.05) is 42.9 Å². The van der Waals surface area contributed by atoms with Crippen molar-refractivity contribution in [3.63, 3.8) is 0 Å². The van der Waals surface area contributed by atoms with E-state index >= 15 is 0 Å². The summed E-state index contributed by atoms with van der Waals surface area (Å²) in [7, 11) is 0. The summed E-state index contributed by atoms with van der Waals surface area (Å²) in [5, 5.41) is 7.17. The van der Waals surface area contributed by atoms with Gasteiger partial charge in [0, 0.05) is 45.2 Å². The van der Waals surface area contributed by atoms with Gasteiger partial charge in [-0.1, -0.05) is 11.3 Å². The van der Waals surface area contributed by atoms with Gasteiger partial charge in [0.05, 0.1) is 16.3 Å². The maximum Gasteiger partial charge on any atom is 0.410 e. The summed E-state index contributed by atoms with van der Waals surface area (Å²) in [6.07, 6.45) is 0.570. The van der Waals surface area contributed by atoms with Crippen molar-refractivity contribution in [3.8, 4) is 0 Å². The molecule has 0 aromatic carbocycles. The maximum absolute atomic E-state index is 12.4. The third-order valence-electron chi connectivity index (χ3n) is 5.48. The molecule has 0 bridgehead atoms. The number of Topliss-reactive ketones (excluding diaryl/α,β-unsaturated/α-hetero) is 1. The number of piperazine rings is 1. The maximum atomic E-state index is 12.4. The molecule has 2 aromatic heterocycles. The number of rotatable bonds is 4. The molecule has 0 unspecified atom stereocenters. The van der Waals surface area contributed by atoms with Crippen molar-refractivity contribution in [1.82, 2.24) is 25.2 Å². The van der Waals surface area contributed by atoms with Gasteiger partial charge in [-0.2, -0.15) is 4.98 Å². The van der Waals surface area contributed by atoms with Crippen molar-refractivity contribution in [2.45, 2.75) is 53.2 Å². The van der Waals surface area contributed by atoms with Crippen molar-refractivity contribution >= 4 is 40.1 Å². The van der Waals surface area contributed by atoms with Crippen LogP contribution < -0.4 is 15.5 Å². The van der Waals surface area contributed by atoms with Gasteiger partial charge in [0.1, 0.15) is 11.4 Å². The highest BCUT2D eigenvalue weighted by Gasteiger charge is 2.29. The Balaban J connectivity index is 1.54. The van der Waals surface area contributed by atoms with Gasteiger partial charge in [-0.25, -0.2) is 14.8 Å². The molecule has 11 heteroatoms. The minimum absolute atomic E-state index is 0.00263. The van der Waals surface area contributed by atoms with Crippen molar-refractivity contribution in [2.24, 2.45) is 0 Å². The van der Waals surface area contributed by atoms with Crippen LogP contribution in [0.15, 0.2) is 0 Å². The fourth-order valence-corrected chi connectivity index (χ4v) is 4.81. The smallest absolute Gasteiger partial charge is 0.410 e. The van der Waals surface area contributed by atoms with Gasteiger partial charge < -0.3 is 19.9 Å². The van der Waals surface area contributed by atoms with E-state index in [0.717, 1.165) is 30.0 Å². The van der Waals surface area contributed by atoms with Crippen molar-refractivity contribution < 1.29 is 14.3 Å². The third-order valence-corrected chi connectivity index (χ3v) is 6.65. The van der Waals surface area contributed by atoms with E-state index in [1.807, 2.05) is 27.7 Å². The Hall–Kier alpha value is -2.79. The summed E-state index contributed by atoms with van der Waals surface area (Å²) >= 11 is 1.31. The molecule has 4 rings (SSSR count). The van der Waals surface area contributed by atoms with Crippen LogP contribution in [0.5, 0.6) is 0 Å². The number of nitrogens with zero attached hydrogens (tertiary/aromatic N) is 5. The average Bonchev–Trinajstić information content (AvgIpc) is 3.12. The monoisotopic (exact) mass is 473 g/mol. The van der Waals surface area contributed by atoms with Crippen LogP contribution >= 0.6 is 11.3 Å². The molecule has 1 saturated heterocycles. The lowest BCUT2D eigenvalue weighted by Gasteiger charge is -2.37. The summed E-state index contributed by atoms with van der Waals surface area (Å²) < 4.78 is 5.52. The molecule has 33 heavy (non-hydrogen) atoms. The first-order valence-corrected chi connectivity index (χ1v) is 12.0. The van der Waals surface area contributed by atoms with Crippen LogP contribution in [-0.4, -0.2) is 70.1 Å². The zero-order chi connectivity index (χ0) is 23.8. The SMILES string of the molecule is CC(=O)c1sc(Nc2nc3c(c(N4CCN(C(=O)OC(C)(C)C)CC4)n2)CCNC3)nc1C. The van der Waals surface area contributed by atoms with Crippen LogP contribution in [-0.2, 0) is 17.7 Å². The van der Waals surface area contributed by atoms with Crippen LogP contribution in [0.4, 0.5) is 21.7 Å². The van der Waals surface area contributed by atoms with Crippen molar-refractivity contribution in [1.29, 1.82) is 0 Å². The van der Waals surface area contributed by atoms with E-state index in [0.29, 0.717) is 54.4 Å². The van der Waals surface area contributed by atoms with Gasteiger partial charge in [-0.3, -0.25) is 10.1 Å². The summed E-state index contributed by atoms with van der Waals surface area (Å²) in [4.78, 5) is 42.8. The fourth-order valence-electron chi connectivity index (χ4n) is 3.96. The first kappa shape index (κ1) is 23.4. The Kier molecular flexibility index (Phi) is 6.53. The number of aryl methyl sites for hydroxylation is 1.